The lowest BCUT2D eigenvalue weighted by Crippen LogP contribution is -2.22. The van der Waals surface area contributed by atoms with Crippen molar-refractivity contribution in [2.45, 2.75) is 13.5 Å². The first-order chi connectivity index (χ1) is 14.0. The van der Waals surface area contributed by atoms with Crippen LogP contribution in [0.4, 0.5) is 21.6 Å². The number of fused-ring (bicyclic) bond motifs is 2. The van der Waals surface area contributed by atoms with Crippen molar-refractivity contribution in [1.82, 2.24) is 14.5 Å². The molecule has 0 bridgehead atoms. The van der Waals surface area contributed by atoms with Crippen molar-refractivity contribution >= 4 is 28.2 Å². The van der Waals surface area contributed by atoms with Crippen LogP contribution in [-0.2, 0) is 6.54 Å². The van der Waals surface area contributed by atoms with E-state index in [0.29, 0.717) is 17.7 Å². The van der Waals surface area contributed by atoms with Crippen LogP contribution in [0.2, 0.25) is 0 Å². The zero-order valence-corrected chi connectivity index (χ0v) is 16.2. The number of rotatable bonds is 3. The molecule has 4 heterocycles. The quantitative estimate of drug-likeness (QED) is 0.555. The van der Waals surface area contributed by atoms with Crippen LogP contribution < -0.4 is 15.8 Å². The van der Waals surface area contributed by atoms with Gasteiger partial charge in [0.15, 0.2) is 0 Å². The first-order valence-corrected chi connectivity index (χ1v) is 9.47. The fraction of sp³-hybridized carbons (Fsp3) is 0.182. The molecule has 0 aliphatic carbocycles. The van der Waals surface area contributed by atoms with E-state index in [1.165, 1.54) is 6.07 Å². The normalized spacial score (nSPS) is 13.1. The summed E-state index contributed by atoms with van der Waals surface area (Å²) in [4.78, 5) is 22.6. The highest BCUT2D eigenvalue weighted by Gasteiger charge is 2.25. The summed E-state index contributed by atoms with van der Waals surface area (Å²) in [6.45, 7) is 3.18. The van der Waals surface area contributed by atoms with Gasteiger partial charge in [0.2, 0.25) is 0 Å². The largest absolute Gasteiger partial charge is 0.357 e. The lowest BCUT2D eigenvalue weighted by molar-refractivity contribution is 0.630. The summed E-state index contributed by atoms with van der Waals surface area (Å²) in [5.41, 5.74) is 3.81. The molecule has 5 rings (SSSR count). The Bertz CT molecular complexity index is 1310. The van der Waals surface area contributed by atoms with Gasteiger partial charge in [0.05, 0.1) is 16.9 Å². The minimum absolute atomic E-state index is 0.180. The summed E-state index contributed by atoms with van der Waals surface area (Å²) in [6.07, 6.45) is 3.56. The van der Waals surface area contributed by atoms with Crippen LogP contribution >= 0.6 is 0 Å². The van der Waals surface area contributed by atoms with Gasteiger partial charge < -0.3 is 15.2 Å². The minimum atomic E-state index is -0.400. The van der Waals surface area contributed by atoms with Gasteiger partial charge in [-0.25, -0.2) is 9.37 Å². The second-order valence-electron chi connectivity index (χ2n) is 7.38. The molecule has 0 fully saturated rings. The lowest BCUT2D eigenvalue weighted by Gasteiger charge is -2.19. The number of anilines is 3. The van der Waals surface area contributed by atoms with E-state index in [2.05, 4.69) is 15.3 Å². The Labute approximate surface area is 166 Å². The third kappa shape index (κ3) is 2.77. The van der Waals surface area contributed by atoms with Crippen LogP contribution in [0.15, 0.2) is 53.6 Å². The standard InChI is InChI=1S/C22H20FN5O/c1-13-3-4-17(23)15(11-13)16-12-19(21-27(2)9-10-28(21)22(16)29)26-18-6-8-25-20-14(18)5-7-24-20/h3-8,11-12H,9-10H2,1-2H3,(H2,24,25,26). The van der Waals surface area contributed by atoms with Gasteiger partial charge in [0.1, 0.15) is 17.3 Å². The number of benzene rings is 1. The molecule has 29 heavy (non-hydrogen) atoms. The Kier molecular flexibility index (Phi) is 3.91. The average Bonchev–Trinajstić information content (AvgIpc) is 3.34. The summed E-state index contributed by atoms with van der Waals surface area (Å²) < 4.78 is 16.3. The van der Waals surface area contributed by atoms with Crippen LogP contribution in [-0.4, -0.2) is 28.1 Å². The number of hydrogen-bond donors (Lipinski definition) is 2. The average molecular weight is 389 g/mol. The topological polar surface area (TPSA) is 66.0 Å². The molecule has 146 valence electrons. The molecule has 0 saturated carbocycles. The van der Waals surface area contributed by atoms with Crippen LogP contribution in [0.5, 0.6) is 0 Å². The van der Waals surface area contributed by atoms with E-state index < -0.39 is 5.82 Å². The molecule has 0 unspecified atom stereocenters. The van der Waals surface area contributed by atoms with Crippen molar-refractivity contribution in [1.29, 1.82) is 0 Å². The van der Waals surface area contributed by atoms with E-state index >= 15 is 0 Å². The van der Waals surface area contributed by atoms with Crippen molar-refractivity contribution in [3.05, 3.63) is 70.5 Å². The van der Waals surface area contributed by atoms with Gasteiger partial charge in [0, 0.05) is 43.5 Å². The molecule has 0 saturated heterocycles. The Morgan fingerprint density at radius 2 is 1.97 bits per heavy atom. The maximum atomic E-state index is 14.6. The fourth-order valence-electron chi connectivity index (χ4n) is 3.98. The lowest BCUT2D eigenvalue weighted by atomic mass is 10.0. The third-order valence-corrected chi connectivity index (χ3v) is 5.42. The zero-order chi connectivity index (χ0) is 20.1. The molecule has 2 N–H and O–H groups in total. The molecule has 6 nitrogen and oxygen atoms in total. The van der Waals surface area contributed by atoms with Gasteiger partial charge in [-0.1, -0.05) is 11.6 Å². The van der Waals surface area contributed by atoms with Gasteiger partial charge in [-0.15, -0.1) is 0 Å². The number of pyridine rings is 2. The van der Waals surface area contributed by atoms with E-state index in [0.717, 1.165) is 40.3 Å². The molecule has 1 aliphatic rings. The van der Waals surface area contributed by atoms with Gasteiger partial charge in [-0.2, -0.15) is 0 Å². The van der Waals surface area contributed by atoms with E-state index in [4.69, 9.17) is 0 Å². The van der Waals surface area contributed by atoms with Crippen LogP contribution in [0.1, 0.15) is 5.56 Å². The zero-order valence-electron chi connectivity index (χ0n) is 16.2. The smallest absolute Gasteiger partial charge is 0.260 e. The molecule has 1 aliphatic heterocycles. The third-order valence-electron chi connectivity index (χ3n) is 5.42. The molecule has 4 aromatic rings. The van der Waals surface area contributed by atoms with Gasteiger partial charge >= 0.3 is 0 Å². The van der Waals surface area contributed by atoms with Crippen LogP contribution in [0.3, 0.4) is 0 Å². The Morgan fingerprint density at radius 1 is 1.10 bits per heavy atom. The van der Waals surface area contributed by atoms with Gasteiger partial charge in [0.25, 0.3) is 5.56 Å². The van der Waals surface area contributed by atoms with Gasteiger partial charge in [-0.05, 0) is 37.3 Å². The minimum Gasteiger partial charge on any atom is -0.357 e. The number of aryl methyl sites for hydroxylation is 1. The summed E-state index contributed by atoms with van der Waals surface area (Å²) in [7, 11) is 1.95. The van der Waals surface area contributed by atoms with Crippen molar-refractivity contribution in [3.8, 4) is 11.1 Å². The number of likely N-dealkylation sites (N-methyl/N-ethyl adjacent to an activating group) is 1. The number of aromatic amines is 1. The number of nitrogens with one attached hydrogen (secondary N) is 2. The van der Waals surface area contributed by atoms with Crippen LogP contribution in [0, 0.1) is 12.7 Å². The molecule has 0 atom stereocenters. The second-order valence-corrected chi connectivity index (χ2v) is 7.38. The second kappa shape index (κ2) is 6.48. The first-order valence-electron chi connectivity index (χ1n) is 9.47. The van der Waals surface area contributed by atoms with E-state index in [1.54, 1.807) is 29.0 Å². The number of aromatic nitrogens is 3. The van der Waals surface area contributed by atoms with Crippen molar-refractivity contribution in [3.63, 3.8) is 0 Å². The molecule has 0 spiro atoms. The monoisotopic (exact) mass is 389 g/mol. The molecule has 0 radical (unpaired) electrons. The molecule has 7 heteroatoms. The molecular weight excluding hydrogens is 369 g/mol. The summed E-state index contributed by atoms with van der Waals surface area (Å²) in [5, 5.41) is 4.40. The highest BCUT2D eigenvalue weighted by molar-refractivity contribution is 5.93. The molecular formula is C22H20FN5O. The van der Waals surface area contributed by atoms with E-state index in [1.807, 2.05) is 37.2 Å². The number of hydrogen-bond acceptors (Lipinski definition) is 4. The SMILES string of the molecule is Cc1ccc(F)c(-c2cc(Nc3ccnc4[nH]ccc34)c3n(c2=O)CCN3C)c1. The van der Waals surface area contributed by atoms with Crippen molar-refractivity contribution in [2.75, 3.05) is 23.8 Å². The highest BCUT2D eigenvalue weighted by Crippen LogP contribution is 2.35. The molecule has 0 amide bonds. The Hall–Kier alpha value is -3.61. The van der Waals surface area contributed by atoms with Crippen molar-refractivity contribution < 1.29 is 4.39 Å². The molecule has 1 aromatic carbocycles. The summed E-state index contributed by atoms with van der Waals surface area (Å²) >= 11 is 0. The predicted molar refractivity (Wildman–Crippen MR) is 113 cm³/mol. The van der Waals surface area contributed by atoms with Crippen LogP contribution in [0.25, 0.3) is 22.2 Å². The van der Waals surface area contributed by atoms with E-state index in [-0.39, 0.29) is 5.56 Å². The molecule has 3 aromatic heterocycles. The predicted octanol–water partition coefficient (Wildman–Crippen LogP) is 4.03. The maximum absolute atomic E-state index is 14.6. The number of H-pyrrole nitrogens is 1. The van der Waals surface area contributed by atoms with Gasteiger partial charge in [-0.3, -0.25) is 9.36 Å². The number of halogens is 1. The van der Waals surface area contributed by atoms with Crippen molar-refractivity contribution in [2.24, 2.45) is 0 Å². The Balaban J connectivity index is 1.73. The first kappa shape index (κ1) is 17.5. The highest BCUT2D eigenvalue weighted by atomic mass is 19.1. The Morgan fingerprint density at radius 3 is 2.83 bits per heavy atom. The summed E-state index contributed by atoms with van der Waals surface area (Å²) in [6, 6.07) is 10.4. The van der Waals surface area contributed by atoms with E-state index in [9.17, 15) is 9.18 Å². The fourth-order valence-corrected chi connectivity index (χ4v) is 3.98. The summed E-state index contributed by atoms with van der Waals surface area (Å²) in [5.74, 6) is 0.398. The number of nitrogens with zero attached hydrogens (tertiary/aromatic N) is 3. The maximum Gasteiger partial charge on any atom is 0.260 e.